The molecule has 5 rings (SSSR count). The van der Waals surface area contributed by atoms with Gasteiger partial charge in [0.1, 0.15) is 5.58 Å². The molecular formula is C23H17NO. The third kappa shape index (κ3) is 2.26. The number of aryl methyl sites for hydroxylation is 1. The normalized spacial score (nSPS) is 11.4. The zero-order chi connectivity index (χ0) is 16.8. The molecule has 0 aliphatic heterocycles. The number of nitrogens with one attached hydrogen (secondary N) is 1. The predicted octanol–water partition coefficient (Wildman–Crippen LogP) is 6.79. The Balaban J connectivity index is 1.74. The Morgan fingerprint density at radius 1 is 0.640 bits per heavy atom. The highest BCUT2D eigenvalue weighted by atomic mass is 16.3. The van der Waals surface area contributed by atoms with Crippen LogP contribution in [0.15, 0.2) is 83.3 Å². The maximum Gasteiger partial charge on any atom is 0.158 e. The van der Waals surface area contributed by atoms with E-state index in [9.17, 15) is 0 Å². The van der Waals surface area contributed by atoms with Crippen molar-refractivity contribution >= 4 is 44.1 Å². The largest absolute Gasteiger partial charge is 0.453 e. The van der Waals surface area contributed by atoms with Crippen LogP contribution >= 0.6 is 0 Å². The quantitative estimate of drug-likeness (QED) is 0.387. The second-order valence-electron chi connectivity index (χ2n) is 6.44. The summed E-state index contributed by atoms with van der Waals surface area (Å²) in [6.07, 6.45) is 0. The predicted molar refractivity (Wildman–Crippen MR) is 106 cm³/mol. The van der Waals surface area contributed by atoms with Crippen LogP contribution in [-0.4, -0.2) is 0 Å². The monoisotopic (exact) mass is 323 g/mol. The average molecular weight is 323 g/mol. The van der Waals surface area contributed by atoms with Crippen LogP contribution in [0.4, 0.5) is 11.4 Å². The topological polar surface area (TPSA) is 25.2 Å². The van der Waals surface area contributed by atoms with E-state index in [-0.39, 0.29) is 0 Å². The lowest BCUT2D eigenvalue weighted by atomic mass is 10.1. The fourth-order valence-corrected chi connectivity index (χ4v) is 3.42. The molecule has 0 atom stereocenters. The Hall–Kier alpha value is -3.26. The van der Waals surface area contributed by atoms with Gasteiger partial charge in [-0.05, 0) is 36.6 Å². The van der Waals surface area contributed by atoms with Crippen molar-refractivity contribution in [3.63, 3.8) is 0 Å². The molecule has 25 heavy (non-hydrogen) atoms. The molecule has 0 radical (unpaired) electrons. The Morgan fingerprint density at radius 3 is 2.28 bits per heavy atom. The number of rotatable bonds is 2. The third-order valence-corrected chi connectivity index (χ3v) is 4.72. The van der Waals surface area contributed by atoms with Crippen molar-refractivity contribution in [1.29, 1.82) is 0 Å². The summed E-state index contributed by atoms with van der Waals surface area (Å²) in [7, 11) is 0. The molecule has 1 aromatic heterocycles. The van der Waals surface area contributed by atoms with Crippen LogP contribution in [0.3, 0.4) is 0 Å². The molecule has 2 heteroatoms. The summed E-state index contributed by atoms with van der Waals surface area (Å²) in [5, 5.41) is 8.13. The zero-order valence-corrected chi connectivity index (χ0v) is 13.9. The number of fused-ring (bicyclic) bond motifs is 5. The van der Waals surface area contributed by atoms with Crippen LogP contribution in [0.25, 0.3) is 32.7 Å². The van der Waals surface area contributed by atoms with Crippen molar-refractivity contribution in [3.05, 3.63) is 84.4 Å². The van der Waals surface area contributed by atoms with E-state index < -0.39 is 0 Å². The summed E-state index contributed by atoms with van der Waals surface area (Å²) in [6, 6.07) is 27.3. The van der Waals surface area contributed by atoms with Crippen LogP contribution in [0.1, 0.15) is 5.56 Å². The number of benzene rings is 4. The molecule has 1 N–H and O–H groups in total. The molecule has 4 aromatic carbocycles. The lowest BCUT2D eigenvalue weighted by Gasteiger charge is -2.07. The number of hydrogen-bond donors (Lipinski definition) is 1. The Morgan fingerprint density at radius 2 is 1.40 bits per heavy atom. The molecule has 0 fully saturated rings. The summed E-state index contributed by atoms with van der Waals surface area (Å²) in [6.45, 7) is 2.09. The van der Waals surface area contributed by atoms with Gasteiger partial charge in [0, 0.05) is 21.8 Å². The van der Waals surface area contributed by atoms with Gasteiger partial charge in [0.25, 0.3) is 0 Å². The SMILES string of the molecule is Cc1ccc(Nc2cccc3c2oc2c4ccccc4ccc32)cc1. The van der Waals surface area contributed by atoms with Crippen molar-refractivity contribution in [2.45, 2.75) is 6.92 Å². The van der Waals surface area contributed by atoms with Gasteiger partial charge in [0.15, 0.2) is 5.58 Å². The van der Waals surface area contributed by atoms with E-state index in [4.69, 9.17) is 4.42 Å². The molecule has 1 heterocycles. The molecule has 5 aromatic rings. The van der Waals surface area contributed by atoms with Crippen molar-refractivity contribution < 1.29 is 4.42 Å². The molecule has 2 nitrogen and oxygen atoms in total. The molecule has 0 unspecified atom stereocenters. The van der Waals surface area contributed by atoms with E-state index in [1.165, 1.54) is 10.9 Å². The Bertz CT molecular complexity index is 1220. The second kappa shape index (κ2) is 5.38. The summed E-state index contributed by atoms with van der Waals surface area (Å²) >= 11 is 0. The Kier molecular flexibility index (Phi) is 3.04. The minimum absolute atomic E-state index is 0.898. The summed E-state index contributed by atoms with van der Waals surface area (Å²) in [4.78, 5) is 0. The molecule has 120 valence electrons. The smallest absolute Gasteiger partial charge is 0.158 e. The van der Waals surface area contributed by atoms with Crippen LogP contribution in [0.2, 0.25) is 0 Å². The highest BCUT2D eigenvalue weighted by molar-refractivity contribution is 6.17. The molecule has 0 bridgehead atoms. The van der Waals surface area contributed by atoms with E-state index in [2.05, 4.69) is 91.1 Å². The molecule has 0 aliphatic rings. The summed E-state index contributed by atoms with van der Waals surface area (Å²) < 4.78 is 6.33. The number of hydrogen-bond acceptors (Lipinski definition) is 2. The minimum atomic E-state index is 0.898. The van der Waals surface area contributed by atoms with Crippen molar-refractivity contribution in [1.82, 2.24) is 0 Å². The zero-order valence-electron chi connectivity index (χ0n) is 13.9. The first-order valence-corrected chi connectivity index (χ1v) is 8.46. The maximum absolute atomic E-state index is 6.33. The van der Waals surface area contributed by atoms with Gasteiger partial charge in [0.05, 0.1) is 5.69 Å². The first-order valence-electron chi connectivity index (χ1n) is 8.46. The van der Waals surface area contributed by atoms with Gasteiger partial charge in [-0.2, -0.15) is 0 Å². The van der Waals surface area contributed by atoms with Gasteiger partial charge in [-0.1, -0.05) is 60.2 Å². The van der Waals surface area contributed by atoms with Crippen LogP contribution in [0.5, 0.6) is 0 Å². The third-order valence-electron chi connectivity index (χ3n) is 4.72. The molecule has 0 saturated carbocycles. The van der Waals surface area contributed by atoms with Crippen molar-refractivity contribution in [2.24, 2.45) is 0 Å². The van der Waals surface area contributed by atoms with Gasteiger partial charge >= 0.3 is 0 Å². The van der Waals surface area contributed by atoms with E-state index in [0.717, 1.165) is 38.7 Å². The number of anilines is 2. The summed E-state index contributed by atoms with van der Waals surface area (Å²) in [5.74, 6) is 0. The van der Waals surface area contributed by atoms with Crippen LogP contribution in [-0.2, 0) is 0 Å². The van der Waals surface area contributed by atoms with E-state index in [0.29, 0.717) is 0 Å². The maximum atomic E-state index is 6.33. The number of furan rings is 1. The van der Waals surface area contributed by atoms with Gasteiger partial charge in [0.2, 0.25) is 0 Å². The molecule has 0 spiro atoms. The molecule has 0 saturated heterocycles. The molecular weight excluding hydrogens is 306 g/mol. The lowest BCUT2D eigenvalue weighted by molar-refractivity contribution is 0.674. The van der Waals surface area contributed by atoms with E-state index in [1.54, 1.807) is 0 Å². The van der Waals surface area contributed by atoms with Crippen molar-refractivity contribution in [2.75, 3.05) is 5.32 Å². The number of para-hydroxylation sites is 1. The van der Waals surface area contributed by atoms with Gasteiger partial charge < -0.3 is 9.73 Å². The van der Waals surface area contributed by atoms with Crippen LogP contribution < -0.4 is 5.32 Å². The highest BCUT2D eigenvalue weighted by Gasteiger charge is 2.13. The molecule has 0 aliphatic carbocycles. The Labute approximate surface area is 145 Å². The van der Waals surface area contributed by atoms with Gasteiger partial charge in [-0.25, -0.2) is 0 Å². The first-order chi connectivity index (χ1) is 12.3. The van der Waals surface area contributed by atoms with Gasteiger partial charge in [-0.3, -0.25) is 0 Å². The fourth-order valence-electron chi connectivity index (χ4n) is 3.42. The highest BCUT2D eigenvalue weighted by Crippen LogP contribution is 2.37. The summed E-state index contributed by atoms with van der Waals surface area (Å²) in [5.41, 5.74) is 5.14. The van der Waals surface area contributed by atoms with E-state index in [1.807, 2.05) is 0 Å². The van der Waals surface area contributed by atoms with Crippen molar-refractivity contribution in [3.8, 4) is 0 Å². The minimum Gasteiger partial charge on any atom is -0.453 e. The standard InChI is InChI=1S/C23H17NO/c1-15-9-12-17(13-10-15)24-21-8-4-7-19-20-14-11-16-5-2-3-6-18(16)22(20)25-23(19)21/h2-14,24H,1H3. The fraction of sp³-hybridized carbons (Fsp3) is 0.0435. The van der Waals surface area contributed by atoms with Gasteiger partial charge in [-0.15, -0.1) is 0 Å². The average Bonchev–Trinajstić information content (AvgIpc) is 3.04. The van der Waals surface area contributed by atoms with Crippen LogP contribution in [0, 0.1) is 6.92 Å². The lowest BCUT2D eigenvalue weighted by Crippen LogP contribution is -1.90. The first kappa shape index (κ1) is 14.1. The second-order valence-corrected chi connectivity index (χ2v) is 6.44. The molecule has 0 amide bonds. The van der Waals surface area contributed by atoms with E-state index >= 15 is 0 Å².